The van der Waals surface area contributed by atoms with Gasteiger partial charge in [-0.25, -0.2) is 9.37 Å². The number of pyridine rings is 1. The molecule has 0 radical (unpaired) electrons. The number of nitriles is 1. The minimum atomic E-state index is -4.65. The molecule has 2 aromatic carbocycles. The van der Waals surface area contributed by atoms with Crippen LogP contribution in [0.3, 0.4) is 0 Å². The Balaban J connectivity index is 1.67. The molecule has 0 atom stereocenters. The van der Waals surface area contributed by atoms with Crippen LogP contribution in [0.1, 0.15) is 41.1 Å². The monoisotopic (exact) mass is 481 g/mol. The van der Waals surface area contributed by atoms with Crippen LogP contribution in [0, 0.1) is 24.1 Å². The molecular weight excluding hydrogens is 457 g/mol. The fraction of sp³-hybridized carbons (Fsp3) is 0.280. The molecule has 2 N–H and O–H groups in total. The van der Waals surface area contributed by atoms with Gasteiger partial charge in [-0.2, -0.15) is 13.7 Å². The lowest BCUT2D eigenvalue weighted by Crippen LogP contribution is -2.27. The highest BCUT2D eigenvalue weighted by Gasteiger charge is 2.24. The van der Waals surface area contributed by atoms with Gasteiger partial charge in [-0.3, -0.25) is 4.55 Å². The van der Waals surface area contributed by atoms with E-state index >= 15 is 4.39 Å². The lowest BCUT2D eigenvalue weighted by Gasteiger charge is -2.22. The largest absolute Gasteiger partial charge is 0.473 e. The van der Waals surface area contributed by atoms with Crippen LogP contribution in [0.15, 0.2) is 53.4 Å². The molecule has 4 rings (SSSR count). The molecule has 1 aliphatic rings. The van der Waals surface area contributed by atoms with Crippen molar-refractivity contribution in [1.29, 1.82) is 5.26 Å². The molecule has 176 valence electrons. The summed E-state index contributed by atoms with van der Waals surface area (Å²) in [4.78, 5) is 4.11. The number of halogens is 1. The lowest BCUT2D eigenvalue weighted by molar-refractivity contribution is 0.286. The van der Waals surface area contributed by atoms with Gasteiger partial charge in [0.15, 0.2) is 0 Å². The summed E-state index contributed by atoms with van der Waals surface area (Å²) >= 11 is 0. The summed E-state index contributed by atoms with van der Waals surface area (Å²) in [7, 11) is -4.65. The van der Waals surface area contributed by atoms with Crippen LogP contribution >= 0.6 is 0 Å². The van der Waals surface area contributed by atoms with Crippen molar-refractivity contribution in [2.45, 2.75) is 37.2 Å². The molecule has 0 aliphatic carbocycles. The fourth-order valence-corrected chi connectivity index (χ4v) is 4.84. The van der Waals surface area contributed by atoms with Gasteiger partial charge in [0.1, 0.15) is 17.3 Å². The van der Waals surface area contributed by atoms with Gasteiger partial charge in [0.05, 0.1) is 11.6 Å². The van der Waals surface area contributed by atoms with Crippen molar-refractivity contribution in [3.05, 3.63) is 76.7 Å². The molecule has 3 aromatic rings. The van der Waals surface area contributed by atoms with Crippen molar-refractivity contribution in [1.82, 2.24) is 10.3 Å². The molecular formula is C25H24FN3O4S. The quantitative estimate of drug-likeness (QED) is 0.503. The Hall–Kier alpha value is -3.32. The third kappa shape index (κ3) is 5.09. The number of aromatic nitrogens is 1. The molecule has 1 saturated heterocycles. The van der Waals surface area contributed by atoms with Gasteiger partial charge in [-0.1, -0.05) is 23.8 Å². The predicted octanol–water partition coefficient (Wildman–Crippen LogP) is 4.36. The number of piperidine rings is 1. The molecule has 0 spiro atoms. The predicted molar refractivity (Wildman–Crippen MR) is 125 cm³/mol. The average Bonchev–Trinajstić information content (AvgIpc) is 2.83. The molecule has 9 heteroatoms. The number of aryl methyl sites for hydroxylation is 1. The number of nitrogens with zero attached hydrogens (tertiary/aromatic N) is 2. The lowest BCUT2D eigenvalue weighted by atomic mass is 9.94. The first-order valence-electron chi connectivity index (χ1n) is 10.9. The SMILES string of the molecule is Cc1ccc(S(=O)(=O)O)c(-c2c(C#N)ccc(COc3cccc(C4CCNCC4)n3)c2F)c1. The molecule has 7 nitrogen and oxygen atoms in total. The summed E-state index contributed by atoms with van der Waals surface area (Å²) in [5.74, 6) is -0.0946. The number of hydrogen-bond donors (Lipinski definition) is 2. The van der Waals surface area contributed by atoms with Crippen LogP contribution in [0.25, 0.3) is 11.1 Å². The first kappa shape index (κ1) is 23.8. The standard InChI is InChI=1S/C25H24FN3O4S/c1-16-5-8-22(34(30,31)32)20(13-16)24-18(14-27)6-7-19(25(24)26)15-33-23-4-2-3-21(29-23)17-9-11-28-12-10-17/h2-8,13,17,28H,9-12,15H2,1H3,(H,30,31,32). The normalized spacial score (nSPS) is 14.5. The number of hydrogen-bond acceptors (Lipinski definition) is 6. The highest BCUT2D eigenvalue weighted by molar-refractivity contribution is 7.86. The maximum absolute atomic E-state index is 15.6. The molecule has 1 fully saturated rings. The Bertz CT molecular complexity index is 1360. The minimum absolute atomic E-state index is 0.0530. The molecule has 0 unspecified atom stereocenters. The van der Waals surface area contributed by atoms with E-state index in [1.54, 1.807) is 13.0 Å². The Morgan fingerprint density at radius 2 is 1.97 bits per heavy atom. The summed E-state index contributed by atoms with van der Waals surface area (Å²) in [6, 6.07) is 14.4. The summed E-state index contributed by atoms with van der Waals surface area (Å²) in [5.41, 5.74) is 1.37. The average molecular weight is 482 g/mol. The Morgan fingerprint density at radius 3 is 2.68 bits per heavy atom. The number of rotatable bonds is 6. The third-order valence-corrected chi connectivity index (χ3v) is 6.81. The number of nitrogens with one attached hydrogen (secondary N) is 1. The van der Waals surface area contributed by atoms with E-state index in [1.807, 2.05) is 18.2 Å². The fourth-order valence-electron chi connectivity index (χ4n) is 4.16. The van der Waals surface area contributed by atoms with Crippen LogP contribution in [0.4, 0.5) is 4.39 Å². The molecule has 0 saturated carbocycles. The zero-order valence-corrected chi connectivity index (χ0v) is 19.4. The molecule has 2 heterocycles. The maximum Gasteiger partial charge on any atom is 0.295 e. The summed E-state index contributed by atoms with van der Waals surface area (Å²) in [6.07, 6.45) is 1.97. The highest BCUT2D eigenvalue weighted by Crippen LogP contribution is 2.35. The van der Waals surface area contributed by atoms with Gasteiger partial charge < -0.3 is 10.1 Å². The second kappa shape index (κ2) is 9.89. The second-order valence-corrected chi connectivity index (χ2v) is 9.65. The zero-order valence-electron chi connectivity index (χ0n) is 18.6. The van der Waals surface area contributed by atoms with Gasteiger partial charge in [0.2, 0.25) is 5.88 Å². The van der Waals surface area contributed by atoms with Crippen LogP contribution < -0.4 is 10.1 Å². The Morgan fingerprint density at radius 1 is 1.21 bits per heavy atom. The zero-order chi connectivity index (χ0) is 24.3. The van der Waals surface area contributed by atoms with Crippen molar-refractivity contribution in [2.24, 2.45) is 0 Å². The van der Waals surface area contributed by atoms with Gasteiger partial charge in [0.25, 0.3) is 10.1 Å². The number of benzene rings is 2. The smallest absolute Gasteiger partial charge is 0.295 e. The number of ether oxygens (including phenoxy) is 1. The van der Waals surface area contributed by atoms with Crippen LogP contribution in [-0.4, -0.2) is 31.0 Å². The summed E-state index contributed by atoms with van der Waals surface area (Å²) < 4.78 is 54.9. The van der Waals surface area contributed by atoms with Gasteiger partial charge in [-0.15, -0.1) is 0 Å². The van der Waals surface area contributed by atoms with Crippen molar-refractivity contribution < 1.29 is 22.1 Å². The van der Waals surface area contributed by atoms with Crippen LogP contribution in [0.2, 0.25) is 0 Å². The van der Waals surface area contributed by atoms with E-state index in [4.69, 9.17) is 4.74 Å². The Kier molecular flexibility index (Phi) is 6.93. The van der Waals surface area contributed by atoms with E-state index in [1.165, 1.54) is 30.3 Å². The van der Waals surface area contributed by atoms with E-state index in [2.05, 4.69) is 10.3 Å². The van der Waals surface area contributed by atoms with Crippen molar-refractivity contribution in [2.75, 3.05) is 13.1 Å². The van der Waals surface area contributed by atoms with E-state index in [-0.39, 0.29) is 28.9 Å². The Labute approximate surface area is 198 Å². The molecule has 1 aliphatic heterocycles. The first-order chi connectivity index (χ1) is 16.3. The minimum Gasteiger partial charge on any atom is -0.473 e. The van der Waals surface area contributed by atoms with E-state index in [9.17, 15) is 18.2 Å². The van der Waals surface area contributed by atoms with Gasteiger partial charge in [-0.05, 0) is 57.1 Å². The van der Waals surface area contributed by atoms with E-state index < -0.39 is 20.8 Å². The van der Waals surface area contributed by atoms with Crippen molar-refractivity contribution >= 4 is 10.1 Å². The maximum atomic E-state index is 15.6. The molecule has 0 amide bonds. The van der Waals surface area contributed by atoms with Crippen LogP contribution in [-0.2, 0) is 16.7 Å². The van der Waals surface area contributed by atoms with Crippen LogP contribution in [0.5, 0.6) is 5.88 Å². The van der Waals surface area contributed by atoms with Gasteiger partial charge in [0, 0.05) is 34.4 Å². The second-order valence-electron chi connectivity index (χ2n) is 8.26. The molecule has 1 aromatic heterocycles. The van der Waals surface area contributed by atoms with E-state index in [0.29, 0.717) is 17.4 Å². The molecule has 34 heavy (non-hydrogen) atoms. The first-order valence-corrected chi connectivity index (χ1v) is 12.3. The van der Waals surface area contributed by atoms with Crippen molar-refractivity contribution in [3.63, 3.8) is 0 Å². The third-order valence-electron chi connectivity index (χ3n) is 5.90. The topological polar surface area (TPSA) is 112 Å². The van der Waals surface area contributed by atoms with E-state index in [0.717, 1.165) is 31.6 Å². The summed E-state index contributed by atoms with van der Waals surface area (Å²) in [6.45, 7) is 3.40. The summed E-state index contributed by atoms with van der Waals surface area (Å²) in [5, 5.41) is 12.9. The van der Waals surface area contributed by atoms with Crippen molar-refractivity contribution in [3.8, 4) is 23.1 Å². The van der Waals surface area contributed by atoms with Gasteiger partial charge >= 0.3 is 0 Å². The highest BCUT2D eigenvalue weighted by atomic mass is 32.2. The molecule has 0 bridgehead atoms.